The van der Waals surface area contributed by atoms with Crippen LogP contribution in [0.4, 0.5) is 0 Å². The molecule has 2 aromatic carbocycles. The molecule has 184 valence electrons. The summed E-state index contributed by atoms with van der Waals surface area (Å²) in [6.45, 7) is 1.18. The lowest BCUT2D eigenvalue weighted by Crippen LogP contribution is -2.50. The van der Waals surface area contributed by atoms with Gasteiger partial charge < -0.3 is 4.90 Å². The average Bonchev–Trinajstić information content (AvgIpc) is 2.88. The molecule has 0 saturated carbocycles. The second-order valence-corrected chi connectivity index (χ2v) is 11.0. The van der Waals surface area contributed by atoms with Crippen molar-refractivity contribution >= 4 is 26.8 Å². The number of sulfonamides is 1. The monoisotopic (exact) mass is 496 g/mol. The van der Waals surface area contributed by atoms with Crippen molar-refractivity contribution in [2.24, 2.45) is 0 Å². The Morgan fingerprint density at radius 2 is 1.63 bits per heavy atom. The van der Waals surface area contributed by atoms with E-state index in [-0.39, 0.29) is 32.0 Å². The lowest BCUT2D eigenvalue weighted by atomic mass is 9.92. The summed E-state index contributed by atoms with van der Waals surface area (Å²) in [6, 6.07) is 12.2. The standard InChI is InChI=1S/C25H28N4O5S/c30-23(11-12-29-22-8-4-3-7-21(22)24(31)26-25(29)32)27-13-15-28(16-14-27)35(33,34)20-10-9-18-5-1-2-6-19(18)17-20/h3-4,7-10,17H,1-2,5-6,11-16H2,(H,26,31,32). The highest BCUT2D eigenvalue weighted by Gasteiger charge is 2.30. The van der Waals surface area contributed by atoms with Gasteiger partial charge in [0.05, 0.1) is 15.8 Å². The molecule has 10 heteroatoms. The number of nitrogens with zero attached hydrogens (tertiary/aromatic N) is 3. The zero-order valence-electron chi connectivity index (χ0n) is 19.4. The lowest BCUT2D eigenvalue weighted by molar-refractivity contribution is -0.132. The molecule has 0 unspecified atom stereocenters. The second kappa shape index (κ2) is 9.43. The summed E-state index contributed by atoms with van der Waals surface area (Å²) in [5.74, 6) is -0.155. The molecule has 0 radical (unpaired) electrons. The van der Waals surface area contributed by atoms with E-state index in [1.54, 1.807) is 35.2 Å². The number of nitrogens with one attached hydrogen (secondary N) is 1. The number of hydrogen-bond acceptors (Lipinski definition) is 5. The maximum absolute atomic E-state index is 13.2. The summed E-state index contributed by atoms with van der Waals surface area (Å²) in [5, 5.41) is 0.389. The molecule has 1 aliphatic heterocycles. The number of piperazine rings is 1. The van der Waals surface area contributed by atoms with Gasteiger partial charge in [0.15, 0.2) is 0 Å². The summed E-state index contributed by atoms with van der Waals surface area (Å²) in [6.07, 6.45) is 4.21. The first-order chi connectivity index (χ1) is 16.8. The van der Waals surface area contributed by atoms with E-state index in [1.807, 2.05) is 12.1 Å². The molecule has 1 N–H and O–H groups in total. The van der Waals surface area contributed by atoms with Gasteiger partial charge in [-0.1, -0.05) is 18.2 Å². The number of H-pyrrole nitrogens is 1. The smallest absolute Gasteiger partial charge is 0.328 e. The molecule has 35 heavy (non-hydrogen) atoms. The van der Waals surface area contributed by atoms with Crippen LogP contribution in [0, 0.1) is 0 Å². The maximum atomic E-state index is 13.2. The molecule has 5 rings (SSSR count). The Hall–Kier alpha value is -3.24. The van der Waals surface area contributed by atoms with Gasteiger partial charge in [0, 0.05) is 39.1 Å². The molecule has 3 aromatic rings. The molecule has 1 fully saturated rings. The van der Waals surface area contributed by atoms with E-state index >= 15 is 0 Å². The Morgan fingerprint density at radius 1 is 0.914 bits per heavy atom. The van der Waals surface area contributed by atoms with Gasteiger partial charge in [-0.2, -0.15) is 4.31 Å². The molecule has 1 aliphatic carbocycles. The summed E-state index contributed by atoms with van der Waals surface area (Å²) in [4.78, 5) is 41.5. The SMILES string of the molecule is O=C(CCn1c(=O)[nH]c(=O)c2ccccc21)N1CCN(S(=O)(=O)c2ccc3c(c2)CCCC3)CC1. The van der Waals surface area contributed by atoms with Crippen molar-refractivity contribution in [3.63, 3.8) is 0 Å². The number of benzene rings is 2. The number of carbonyl (C=O) groups is 1. The first-order valence-electron chi connectivity index (χ1n) is 12.0. The molecule has 1 amide bonds. The van der Waals surface area contributed by atoms with Crippen LogP contribution in [-0.2, 0) is 34.2 Å². The van der Waals surface area contributed by atoms with E-state index < -0.39 is 21.3 Å². The number of hydrogen-bond donors (Lipinski definition) is 1. The first kappa shape index (κ1) is 23.5. The van der Waals surface area contributed by atoms with E-state index in [2.05, 4.69) is 4.98 Å². The third-order valence-electron chi connectivity index (χ3n) is 7.00. The Kier molecular flexibility index (Phi) is 6.33. The predicted octanol–water partition coefficient (Wildman–Crippen LogP) is 1.49. The Labute approximate surface area is 203 Å². The van der Waals surface area contributed by atoms with E-state index in [9.17, 15) is 22.8 Å². The highest BCUT2D eigenvalue weighted by Crippen LogP contribution is 2.26. The first-order valence-corrected chi connectivity index (χ1v) is 13.4. The second-order valence-electron chi connectivity index (χ2n) is 9.10. The van der Waals surface area contributed by atoms with Crippen molar-refractivity contribution < 1.29 is 13.2 Å². The summed E-state index contributed by atoms with van der Waals surface area (Å²) in [7, 11) is -3.62. The van der Waals surface area contributed by atoms with Crippen molar-refractivity contribution in [1.29, 1.82) is 0 Å². The van der Waals surface area contributed by atoms with Crippen molar-refractivity contribution in [3.05, 3.63) is 74.4 Å². The van der Waals surface area contributed by atoms with E-state index in [1.165, 1.54) is 14.4 Å². The molecule has 1 saturated heterocycles. The molecular formula is C25H28N4O5S. The van der Waals surface area contributed by atoms with Crippen LogP contribution in [0.15, 0.2) is 56.9 Å². The number of aryl methyl sites for hydroxylation is 3. The normalized spacial score (nSPS) is 16.9. The van der Waals surface area contributed by atoms with Crippen LogP contribution in [0.3, 0.4) is 0 Å². The van der Waals surface area contributed by atoms with Gasteiger partial charge in [0.2, 0.25) is 15.9 Å². The van der Waals surface area contributed by atoms with Crippen LogP contribution in [-0.4, -0.2) is 59.3 Å². The minimum Gasteiger partial charge on any atom is -0.340 e. The molecule has 2 heterocycles. The highest BCUT2D eigenvalue weighted by molar-refractivity contribution is 7.89. The van der Waals surface area contributed by atoms with Gasteiger partial charge in [0.1, 0.15) is 0 Å². The molecular weight excluding hydrogens is 468 g/mol. The molecule has 2 aliphatic rings. The number of fused-ring (bicyclic) bond motifs is 2. The Balaban J connectivity index is 1.23. The lowest BCUT2D eigenvalue weighted by Gasteiger charge is -2.34. The van der Waals surface area contributed by atoms with Crippen LogP contribution < -0.4 is 11.2 Å². The van der Waals surface area contributed by atoms with Crippen LogP contribution in [0.25, 0.3) is 10.9 Å². The fourth-order valence-electron chi connectivity index (χ4n) is 5.03. The Morgan fingerprint density at radius 3 is 2.40 bits per heavy atom. The quantitative estimate of drug-likeness (QED) is 0.575. The van der Waals surface area contributed by atoms with Gasteiger partial charge in [0.25, 0.3) is 5.56 Å². The number of carbonyl (C=O) groups excluding carboxylic acids is 1. The summed E-state index contributed by atoms with van der Waals surface area (Å²) in [5.41, 5.74) is 1.83. The van der Waals surface area contributed by atoms with Crippen LogP contribution in [0.1, 0.15) is 30.4 Å². The van der Waals surface area contributed by atoms with Crippen LogP contribution in [0.5, 0.6) is 0 Å². The molecule has 0 atom stereocenters. The molecule has 9 nitrogen and oxygen atoms in total. The Bertz CT molecular complexity index is 1500. The minimum absolute atomic E-state index is 0.0769. The van der Waals surface area contributed by atoms with Gasteiger partial charge in [-0.25, -0.2) is 13.2 Å². The van der Waals surface area contributed by atoms with Gasteiger partial charge in [-0.05, 0) is 61.1 Å². The van der Waals surface area contributed by atoms with Gasteiger partial charge in [-0.15, -0.1) is 0 Å². The zero-order valence-corrected chi connectivity index (χ0v) is 20.2. The number of amides is 1. The van der Waals surface area contributed by atoms with E-state index in [0.717, 1.165) is 31.2 Å². The molecule has 1 aromatic heterocycles. The van der Waals surface area contributed by atoms with E-state index in [4.69, 9.17) is 0 Å². The van der Waals surface area contributed by atoms with Crippen molar-refractivity contribution in [2.45, 2.75) is 43.5 Å². The fraction of sp³-hybridized carbons (Fsp3) is 0.400. The largest absolute Gasteiger partial charge is 0.340 e. The average molecular weight is 497 g/mol. The minimum atomic E-state index is -3.62. The number of rotatable bonds is 5. The summed E-state index contributed by atoms with van der Waals surface area (Å²) < 4.78 is 29.3. The molecule has 0 spiro atoms. The fourth-order valence-corrected chi connectivity index (χ4v) is 6.50. The van der Waals surface area contributed by atoms with Gasteiger partial charge in [-0.3, -0.25) is 19.1 Å². The topological polar surface area (TPSA) is 113 Å². The van der Waals surface area contributed by atoms with Crippen molar-refractivity contribution in [1.82, 2.24) is 18.8 Å². The number of aromatic amines is 1. The van der Waals surface area contributed by atoms with Crippen molar-refractivity contribution in [2.75, 3.05) is 26.2 Å². The summed E-state index contributed by atoms with van der Waals surface area (Å²) >= 11 is 0. The number of aromatic nitrogens is 2. The third-order valence-corrected chi connectivity index (χ3v) is 8.90. The van der Waals surface area contributed by atoms with Crippen LogP contribution in [0.2, 0.25) is 0 Å². The van der Waals surface area contributed by atoms with Crippen LogP contribution >= 0.6 is 0 Å². The van der Waals surface area contributed by atoms with E-state index in [0.29, 0.717) is 28.9 Å². The third kappa shape index (κ3) is 4.55. The predicted molar refractivity (Wildman–Crippen MR) is 132 cm³/mol. The number of para-hydroxylation sites is 1. The molecule has 0 bridgehead atoms. The van der Waals surface area contributed by atoms with Crippen molar-refractivity contribution in [3.8, 4) is 0 Å². The zero-order chi connectivity index (χ0) is 24.6. The highest BCUT2D eigenvalue weighted by atomic mass is 32.2. The van der Waals surface area contributed by atoms with Gasteiger partial charge >= 0.3 is 5.69 Å². The maximum Gasteiger partial charge on any atom is 0.328 e.